The average molecular weight is 406 g/mol. The van der Waals surface area contributed by atoms with Crippen molar-refractivity contribution < 1.29 is 28.8 Å². The number of aromatic nitrogens is 3. The first-order valence-corrected chi connectivity index (χ1v) is 9.52. The van der Waals surface area contributed by atoms with Crippen LogP contribution in [0.2, 0.25) is 0 Å². The zero-order chi connectivity index (χ0) is 21.0. The smallest absolute Gasteiger partial charge is 0.413 e. The second kappa shape index (κ2) is 6.91. The molecule has 4 atom stereocenters. The number of aliphatic hydroxyl groups excluding tert-OH is 1. The van der Waals surface area contributed by atoms with Gasteiger partial charge in [-0.15, -0.1) is 0 Å². The summed E-state index contributed by atoms with van der Waals surface area (Å²) in [5, 5.41) is 16.7. The van der Waals surface area contributed by atoms with E-state index in [1.807, 2.05) is 19.9 Å². The Morgan fingerprint density at radius 1 is 1.31 bits per heavy atom. The normalized spacial score (nSPS) is 28.5. The highest BCUT2D eigenvalue weighted by Gasteiger charge is 2.56. The predicted molar refractivity (Wildman–Crippen MR) is 101 cm³/mol. The lowest BCUT2D eigenvalue weighted by Gasteiger charge is -2.23. The first kappa shape index (κ1) is 20.0. The lowest BCUT2D eigenvalue weighted by atomic mass is 10.1. The van der Waals surface area contributed by atoms with E-state index in [0.29, 0.717) is 17.0 Å². The number of aliphatic hydroxyl groups is 1. The Bertz CT molecular complexity index is 921. The number of carbonyl (C=O) groups is 1. The Kier molecular flexibility index (Phi) is 4.77. The molecular formula is C19H26N4O6. The minimum Gasteiger partial charge on any atom is -0.444 e. The van der Waals surface area contributed by atoms with Crippen LogP contribution in [0, 0.1) is 0 Å². The molecule has 2 N–H and O–H groups in total. The molecule has 1 unspecified atom stereocenters. The van der Waals surface area contributed by atoms with E-state index in [-0.39, 0.29) is 12.7 Å². The summed E-state index contributed by atoms with van der Waals surface area (Å²) in [6, 6.07) is 3.62. The van der Waals surface area contributed by atoms with E-state index in [2.05, 4.69) is 15.4 Å². The number of fused-ring (bicyclic) bond motifs is 2. The monoisotopic (exact) mass is 406 g/mol. The van der Waals surface area contributed by atoms with Crippen LogP contribution in [0.1, 0.15) is 46.4 Å². The van der Waals surface area contributed by atoms with E-state index in [0.717, 1.165) is 0 Å². The molecule has 0 spiro atoms. The Morgan fingerprint density at radius 2 is 2.03 bits per heavy atom. The van der Waals surface area contributed by atoms with Crippen LogP contribution >= 0.6 is 0 Å². The molecule has 0 bridgehead atoms. The van der Waals surface area contributed by atoms with Crippen LogP contribution in [0.3, 0.4) is 0 Å². The fraction of sp³-hybridized carbons (Fsp3) is 0.632. The molecule has 0 aromatic carbocycles. The summed E-state index contributed by atoms with van der Waals surface area (Å²) in [6.45, 7) is 8.84. The highest BCUT2D eigenvalue weighted by Crippen LogP contribution is 2.45. The topological polar surface area (TPSA) is 116 Å². The maximum atomic E-state index is 12.1. The molecule has 10 nitrogen and oxygen atoms in total. The number of ether oxygens (including phenoxy) is 4. The molecule has 158 valence electrons. The molecule has 10 heteroatoms. The van der Waals surface area contributed by atoms with Crippen molar-refractivity contribution in [3.8, 4) is 0 Å². The largest absolute Gasteiger partial charge is 0.444 e. The summed E-state index contributed by atoms with van der Waals surface area (Å²) in [4.78, 5) is 16.3. The van der Waals surface area contributed by atoms with Crippen molar-refractivity contribution in [2.24, 2.45) is 0 Å². The van der Waals surface area contributed by atoms with Gasteiger partial charge in [0, 0.05) is 0 Å². The standard InChI is InChI=1S/C19H26N4O6/c1-18(2,3)29-17(25)22-16-11-7-6-10(23(11)21-9-20-16)13-15-14(12(8-24)26-13)27-19(4,5)28-15/h6-7,9,12-15,24H,8H2,1-5H3,(H,20,21,22,25)/t12?,13-,14+,15-/m0/s1. The minimum absolute atomic E-state index is 0.180. The van der Waals surface area contributed by atoms with Crippen LogP contribution in [0.4, 0.5) is 10.6 Å². The molecule has 0 radical (unpaired) electrons. The predicted octanol–water partition coefficient (Wildman–Crippen LogP) is 2.03. The van der Waals surface area contributed by atoms with Gasteiger partial charge in [-0.2, -0.15) is 5.10 Å². The van der Waals surface area contributed by atoms with Gasteiger partial charge >= 0.3 is 6.09 Å². The molecule has 4 heterocycles. The van der Waals surface area contributed by atoms with Crippen molar-refractivity contribution >= 4 is 17.4 Å². The van der Waals surface area contributed by atoms with Gasteiger partial charge in [0.2, 0.25) is 0 Å². The van der Waals surface area contributed by atoms with E-state index in [9.17, 15) is 9.90 Å². The van der Waals surface area contributed by atoms with Crippen molar-refractivity contribution in [1.82, 2.24) is 14.6 Å². The SMILES string of the molecule is CC(C)(C)OC(=O)Nc1ncnn2c([C@@H]3OC(CO)[C@H]4OC(C)(C)O[C@H]43)ccc12. The van der Waals surface area contributed by atoms with Crippen molar-refractivity contribution in [2.75, 3.05) is 11.9 Å². The number of anilines is 1. The van der Waals surface area contributed by atoms with Gasteiger partial charge in [-0.25, -0.2) is 14.3 Å². The van der Waals surface area contributed by atoms with Crippen molar-refractivity contribution in [3.63, 3.8) is 0 Å². The number of nitrogens with zero attached hydrogens (tertiary/aromatic N) is 3. The lowest BCUT2D eigenvalue weighted by Crippen LogP contribution is -2.31. The van der Waals surface area contributed by atoms with Gasteiger partial charge in [-0.1, -0.05) is 0 Å². The van der Waals surface area contributed by atoms with E-state index in [4.69, 9.17) is 18.9 Å². The summed E-state index contributed by atoms with van der Waals surface area (Å²) in [7, 11) is 0. The van der Waals surface area contributed by atoms with Crippen LogP contribution in [-0.4, -0.2) is 62.1 Å². The van der Waals surface area contributed by atoms with Crippen LogP contribution in [-0.2, 0) is 18.9 Å². The molecule has 2 aliphatic rings. The third-order valence-corrected chi connectivity index (χ3v) is 4.72. The zero-order valence-corrected chi connectivity index (χ0v) is 17.1. The fourth-order valence-electron chi connectivity index (χ4n) is 3.73. The first-order chi connectivity index (χ1) is 13.6. The van der Waals surface area contributed by atoms with Gasteiger partial charge in [0.1, 0.15) is 41.9 Å². The number of nitrogens with one attached hydrogen (secondary N) is 1. The second-order valence-corrected chi connectivity index (χ2v) is 8.63. The van der Waals surface area contributed by atoms with Crippen molar-refractivity contribution in [2.45, 2.75) is 70.4 Å². The van der Waals surface area contributed by atoms with E-state index >= 15 is 0 Å². The van der Waals surface area contributed by atoms with Gasteiger partial charge in [-0.05, 0) is 46.8 Å². The van der Waals surface area contributed by atoms with Crippen molar-refractivity contribution in [1.29, 1.82) is 0 Å². The number of amides is 1. The average Bonchev–Trinajstić information content (AvgIpc) is 3.24. The maximum Gasteiger partial charge on any atom is 0.413 e. The Labute approximate surface area is 168 Å². The summed E-state index contributed by atoms with van der Waals surface area (Å²) < 4.78 is 24.9. The first-order valence-electron chi connectivity index (χ1n) is 9.52. The highest BCUT2D eigenvalue weighted by atomic mass is 16.8. The lowest BCUT2D eigenvalue weighted by molar-refractivity contribution is -0.191. The Balaban J connectivity index is 1.64. The van der Waals surface area contributed by atoms with E-state index < -0.39 is 35.8 Å². The molecule has 2 aliphatic heterocycles. The zero-order valence-electron chi connectivity index (χ0n) is 17.1. The Hall–Kier alpha value is -2.27. The summed E-state index contributed by atoms with van der Waals surface area (Å²) >= 11 is 0. The maximum absolute atomic E-state index is 12.1. The van der Waals surface area contributed by atoms with E-state index in [1.54, 1.807) is 31.4 Å². The summed E-state index contributed by atoms with van der Waals surface area (Å²) in [5.74, 6) is -0.450. The molecule has 0 saturated carbocycles. The number of carbonyl (C=O) groups excluding carboxylic acids is 1. The van der Waals surface area contributed by atoms with Gasteiger partial charge in [-0.3, -0.25) is 5.32 Å². The third kappa shape index (κ3) is 3.80. The molecular weight excluding hydrogens is 380 g/mol. The van der Waals surface area contributed by atoms with Crippen LogP contribution < -0.4 is 5.32 Å². The van der Waals surface area contributed by atoms with E-state index in [1.165, 1.54) is 6.33 Å². The third-order valence-electron chi connectivity index (χ3n) is 4.72. The van der Waals surface area contributed by atoms with Crippen LogP contribution in [0.5, 0.6) is 0 Å². The van der Waals surface area contributed by atoms with Crippen molar-refractivity contribution in [3.05, 3.63) is 24.2 Å². The molecule has 2 aromatic heterocycles. The van der Waals surface area contributed by atoms with Gasteiger partial charge in [0.25, 0.3) is 0 Å². The van der Waals surface area contributed by atoms with Crippen LogP contribution in [0.25, 0.3) is 5.52 Å². The number of rotatable bonds is 3. The molecule has 4 rings (SSSR count). The molecule has 2 saturated heterocycles. The molecule has 29 heavy (non-hydrogen) atoms. The fourth-order valence-corrected chi connectivity index (χ4v) is 3.73. The molecule has 1 amide bonds. The minimum atomic E-state index is -0.768. The van der Waals surface area contributed by atoms with Crippen LogP contribution in [0.15, 0.2) is 18.5 Å². The number of hydrogen-bond acceptors (Lipinski definition) is 8. The van der Waals surface area contributed by atoms with Gasteiger partial charge in [0.15, 0.2) is 11.6 Å². The Morgan fingerprint density at radius 3 is 2.72 bits per heavy atom. The quantitative estimate of drug-likeness (QED) is 0.795. The van der Waals surface area contributed by atoms with Gasteiger partial charge < -0.3 is 24.1 Å². The molecule has 2 aromatic rings. The highest BCUT2D eigenvalue weighted by molar-refractivity contribution is 5.88. The summed E-state index contributed by atoms with van der Waals surface area (Å²) in [6.07, 6.45) is -1.03. The van der Waals surface area contributed by atoms with Gasteiger partial charge in [0.05, 0.1) is 12.3 Å². The molecule has 2 fully saturated rings. The number of hydrogen-bond donors (Lipinski definition) is 2. The molecule has 0 aliphatic carbocycles. The summed E-state index contributed by atoms with van der Waals surface area (Å²) in [5.41, 5.74) is 0.667. The second-order valence-electron chi connectivity index (χ2n) is 8.63.